The van der Waals surface area contributed by atoms with Crippen LogP contribution < -0.4 is 14.2 Å². The van der Waals surface area contributed by atoms with Gasteiger partial charge < -0.3 is 18.6 Å². The standard InChI is InChI=1S/C21H15ClO5/c22-15-2-1-3-17(11-15)24-12-18-6-5-16(27-18)7-8-19(23)14-4-9-20-21(10-14)26-13-25-20/h1-11H,12-13H2/b8-7+. The summed E-state index contributed by atoms with van der Waals surface area (Å²) in [6.45, 7) is 0.444. The monoisotopic (exact) mass is 382 g/mol. The molecular weight excluding hydrogens is 368 g/mol. The van der Waals surface area contributed by atoms with E-state index in [2.05, 4.69) is 0 Å². The third kappa shape index (κ3) is 4.15. The summed E-state index contributed by atoms with van der Waals surface area (Å²) in [5.74, 6) is 2.94. The Morgan fingerprint density at radius 3 is 2.85 bits per heavy atom. The minimum absolute atomic E-state index is 0.151. The molecule has 0 unspecified atom stereocenters. The van der Waals surface area contributed by atoms with E-state index in [1.165, 1.54) is 6.08 Å². The maximum Gasteiger partial charge on any atom is 0.231 e. The van der Waals surface area contributed by atoms with Crippen molar-refractivity contribution in [2.75, 3.05) is 6.79 Å². The fourth-order valence-corrected chi connectivity index (χ4v) is 2.76. The van der Waals surface area contributed by atoms with Crippen LogP contribution in [0.5, 0.6) is 17.2 Å². The van der Waals surface area contributed by atoms with E-state index < -0.39 is 0 Å². The molecule has 4 rings (SSSR count). The molecule has 0 amide bonds. The average Bonchev–Trinajstić information content (AvgIpc) is 3.33. The van der Waals surface area contributed by atoms with Crippen molar-refractivity contribution < 1.29 is 23.4 Å². The Bertz CT molecular complexity index is 1010. The molecule has 2 heterocycles. The lowest BCUT2D eigenvalue weighted by Gasteiger charge is -2.03. The second-order valence-electron chi connectivity index (χ2n) is 5.82. The summed E-state index contributed by atoms with van der Waals surface area (Å²) in [4.78, 5) is 12.3. The molecule has 0 atom stereocenters. The van der Waals surface area contributed by atoms with E-state index in [9.17, 15) is 4.79 Å². The van der Waals surface area contributed by atoms with Crippen molar-refractivity contribution in [1.82, 2.24) is 0 Å². The SMILES string of the molecule is O=C(/C=C/c1ccc(COc2cccc(Cl)c2)o1)c1ccc2c(c1)OCO2. The molecule has 0 bridgehead atoms. The second-order valence-corrected chi connectivity index (χ2v) is 6.25. The Balaban J connectivity index is 1.37. The lowest BCUT2D eigenvalue weighted by atomic mass is 10.1. The van der Waals surface area contributed by atoms with Crippen molar-refractivity contribution in [1.29, 1.82) is 0 Å². The minimum atomic E-state index is -0.151. The Morgan fingerprint density at radius 1 is 1.07 bits per heavy atom. The third-order valence-electron chi connectivity index (χ3n) is 3.92. The fourth-order valence-electron chi connectivity index (χ4n) is 2.58. The fraction of sp³-hybridized carbons (Fsp3) is 0.0952. The van der Waals surface area contributed by atoms with Crippen molar-refractivity contribution in [3.05, 3.63) is 82.8 Å². The van der Waals surface area contributed by atoms with Crippen LogP contribution in [0.1, 0.15) is 21.9 Å². The smallest absolute Gasteiger partial charge is 0.231 e. The van der Waals surface area contributed by atoms with Crippen LogP contribution in [0.3, 0.4) is 0 Å². The van der Waals surface area contributed by atoms with Crippen LogP contribution in [0.15, 0.2) is 65.1 Å². The zero-order valence-electron chi connectivity index (χ0n) is 14.2. The largest absolute Gasteiger partial charge is 0.486 e. The van der Waals surface area contributed by atoms with Gasteiger partial charge in [0.1, 0.15) is 23.9 Å². The first-order chi connectivity index (χ1) is 13.2. The number of allylic oxidation sites excluding steroid dienone is 1. The molecule has 1 aliphatic rings. The van der Waals surface area contributed by atoms with Gasteiger partial charge in [-0.3, -0.25) is 4.79 Å². The average molecular weight is 383 g/mol. The van der Waals surface area contributed by atoms with Gasteiger partial charge >= 0.3 is 0 Å². The van der Waals surface area contributed by atoms with Crippen molar-refractivity contribution in [3.63, 3.8) is 0 Å². The van der Waals surface area contributed by atoms with Crippen LogP contribution in [0.2, 0.25) is 5.02 Å². The zero-order chi connectivity index (χ0) is 18.6. The quantitative estimate of drug-likeness (QED) is 0.436. The number of hydrogen-bond donors (Lipinski definition) is 0. The first-order valence-electron chi connectivity index (χ1n) is 8.26. The Labute approximate surface area is 160 Å². The second kappa shape index (κ2) is 7.60. The summed E-state index contributed by atoms with van der Waals surface area (Å²) < 4.78 is 21.8. The molecular formula is C21H15ClO5. The molecule has 2 aromatic carbocycles. The third-order valence-corrected chi connectivity index (χ3v) is 4.15. The number of carbonyl (C=O) groups excluding carboxylic acids is 1. The van der Waals surface area contributed by atoms with E-state index in [4.69, 9.17) is 30.2 Å². The highest BCUT2D eigenvalue weighted by molar-refractivity contribution is 6.30. The summed E-state index contributed by atoms with van der Waals surface area (Å²) in [7, 11) is 0. The molecule has 0 radical (unpaired) electrons. The van der Waals surface area contributed by atoms with Crippen LogP contribution >= 0.6 is 11.6 Å². The molecule has 0 aliphatic carbocycles. The molecule has 5 nitrogen and oxygen atoms in total. The number of halogens is 1. The number of fused-ring (bicyclic) bond motifs is 1. The van der Waals surface area contributed by atoms with Gasteiger partial charge in [0.25, 0.3) is 0 Å². The molecule has 0 saturated heterocycles. The highest BCUT2D eigenvalue weighted by atomic mass is 35.5. The van der Waals surface area contributed by atoms with Gasteiger partial charge in [0.15, 0.2) is 17.3 Å². The number of carbonyl (C=O) groups is 1. The van der Waals surface area contributed by atoms with Crippen molar-refractivity contribution in [2.24, 2.45) is 0 Å². The lowest BCUT2D eigenvalue weighted by Crippen LogP contribution is -1.94. The van der Waals surface area contributed by atoms with E-state index >= 15 is 0 Å². The Kier molecular flexibility index (Phi) is 4.85. The van der Waals surface area contributed by atoms with Crippen molar-refractivity contribution in [2.45, 2.75) is 6.61 Å². The van der Waals surface area contributed by atoms with Gasteiger partial charge in [-0.25, -0.2) is 0 Å². The predicted molar refractivity (Wildman–Crippen MR) is 100 cm³/mol. The summed E-state index contributed by atoms with van der Waals surface area (Å²) in [6, 6.07) is 15.8. The van der Waals surface area contributed by atoms with Gasteiger partial charge in [-0.2, -0.15) is 0 Å². The molecule has 0 saturated carbocycles. The summed E-state index contributed by atoms with van der Waals surface area (Å²) in [5, 5.41) is 0.609. The molecule has 27 heavy (non-hydrogen) atoms. The number of furan rings is 1. The molecule has 0 N–H and O–H groups in total. The van der Waals surface area contributed by atoms with Gasteiger partial charge in [-0.1, -0.05) is 17.7 Å². The van der Waals surface area contributed by atoms with Crippen LogP contribution in [-0.4, -0.2) is 12.6 Å². The van der Waals surface area contributed by atoms with Gasteiger partial charge in [-0.05, 0) is 60.7 Å². The predicted octanol–water partition coefficient (Wildman–Crippen LogP) is 5.14. The molecule has 0 spiro atoms. The summed E-state index contributed by atoms with van der Waals surface area (Å²) in [6.07, 6.45) is 3.08. The number of ketones is 1. The molecule has 6 heteroatoms. The Morgan fingerprint density at radius 2 is 1.96 bits per heavy atom. The van der Waals surface area contributed by atoms with Crippen LogP contribution in [0, 0.1) is 0 Å². The molecule has 136 valence electrons. The first kappa shape index (κ1) is 17.2. The van der Waals surface area contributed by atoms with Crippen LogP contribution in [0.25, 0.3) is 6.08 Å². The molecule has 1 aliphatic heterocycles. The number of hydrogen-bond acceptors (Lipinski definition) is 5. The van der Waals surface area contributed by atoms with E-state index in [0.717, 1.165) is 0 Å². The summed E-state index contributed by atoms with van der Waals surface area (Å²) in [5.41, 5.74) is 0.520. The Hall–Kier alpha value is -3.18. The zero-order valence-corrected chi connectivity index (χ0v) is 14.9. The van der Waals surface area contributed by atoms with Crippen LogP contribution in [-0.2, 0) is 6.61 Å². The topological polar surface area (TPSA) is 57.9 Å². The maximum atomic E-state index is 12.3. The lowest BCUT2D eigenvalue weighted by molar-refractivity contribution is 0.104. The van der Waals surface area contributed by atoms with Gasteiger partial charge in [0.2, 0.25) is 6.79 Å². The van der Waals surface area contributed by atoms with Crippen LogP contribution in [0.4, 0.5) is 0 Å². The number of ether oxygens (including phenoxy) is 3. The van der Waals surface area contributed by atoms with E-state index in [0.29, 0.717) is 39.4 Å². The van der Waals surface area contributed by atoms with Gasteiger partial charge in [0, 0.05) is 10.6 Å². The number of rotatable bonds is 6. The van der Waals surface area contributed by atoms with Crippen molar-refractivity contribution >= 4 is 23.5 Å². The molecule has 1 aromatic heterocycles. The number of benzene rings is 2. The highest BCUT2D eigenvalue weighted by Gasteiger charge is 2.15. The maximum absolute atomic E-state index is 12.3. The molecule has 0 fully saturated rings. The van der Waals surface area contributed by atoms with Gasteiger partial charge in [0.05, 0.1) is 0 Å². The summed E-state index contributed by atoms with van der Waals surface area (Å²) >= 11 is 5.92. The van der Waals surface area contributed by atoms with E-state index in [1.807, 2.05) is 12.1 Å². The van der Waals surface area contributed by atoms with Gasteiger partial charge in [-0.15, -0.1) is 0 Å². The highest BCUT2D eigenvalue weighted by Crippen LogP contribution is 2.32. The van der Waals surface area contributed by atoms with Crippen molar-refractivity contribution in [3.8, 4) is 17.2 Å². The van der Waals surface area contributed by atoms with E-state index in [-0.39, 0.29) is 19.2 Å². The normalized spacial score (nSPS) is 12.5. The minimum Gasteiger partial charge on any atom is -0.486 e. The van der Waals surface area contributed by atoms with E-state index in [1.54, 1.807) is 48.5 Å². The molecule has 3 aromatic rings. The first-order valence-corrected chi connectivity index (χ1v) is 8.64.